The Balaban J connectivity index is 1.87. The number of aliphatic carboxylic acids is 1. The van der Waals surface area contributed by atoms with E-state index in [4.69, 9.17) is 14.3 Å². The van der Waals surface area contributed by atoms with Gasteiger partial charge in [0.05, 0.1) is 5.92 Å². The maximum absolute atomic E-state index is 10.4. The molecule has 1 aromatic heterocycles. The van der Waals surface area contributed by atoms with E-state index in [2.05, 4.69) is 10.2 Å². The average Bonchev–Trinajstić information content (AvgIpc) is 3.02. The summed E-state index contributed by atoms with van der Waals surface area (Å²) in [6.45, 7) is 0.448. The third-order valence-electron chi connectivity index (χ3n) is 2.82. The van der Waals surface area contributed by atoms with Crippen molar-refractivity contribution in [3.8, 4) is 5.75 Å². The van der Waals surface area contributed by atoms with E-state index in [1.54, 1.807) is 0 Å². The Morgan fingerprint density at radius 2 is 2.21 bits per heavy atom. The van der Waals surface area contributed by atoms with E-state index < -0.39 is 5.97 Å². The summed E-state index contributed by atoms with van der Waals surface area (Å²) >= 11 is 0. The zero-order chi connectivity index (χ0) is 13.2. The molecule has 6 heteroatoms. The molecule has 96 valence electrons. The van der Waals surface area contributed by atoms with Crippen LogP contribution in [0.25, 0.3) is 6.08 Å². The Kier molecular flexibility index (Phi) is 2.75. The highest BCUT2D eigenvalue weighted by atomic mass is 16.5. The summed E-state index contributed by atoms with van der Waals surface area (Å²) in [4.78, 5) is 10.4. The summed E-state index contributed by atoms with van der Waals surface area (Å²) in [6, 6.07) is 7.65. The van der Waals surface area contributed by atoms with Crippen LogP contribution < -0.4 is 4.74 Å². The molecule has 0 saturated carbocycles. The lowest BCUT2D eigenvalue weighted by Crippen LogP contribution is -2.02. The van der Waals surface area contributed by atoms with E-state index >= 15 is 0 Å². The number of hydrogen-bond acceptors (Lipinski definition) is 5. The summed E-state index contributed by atoms with van der Waals surface area (Å²) < 4.78 is 11.0. The summed E-state index contributed by atoms with van der Waals surface area (Å²) in [5.74, 6) is 0.245. The molecule has 0 spiro atoms. The second kappa shape index (κ2) is 4.56. The van der Waals surface area contributed by atoms with Crippen LogP contribution in [0.15, 0.2) is 34.8 Å². The van der Waals surface area contributed by atoms with Crippen molar-refractivity contribution in [1.82, 2.24) is 10.2 Å². The van der Waals surface area contributed by atoms with E-state index in [1.165, 1.54) is 6.08 Å². The minimum absolute atomic E-state index is 0.101. The van der Waals surface area contributed by atoms with Gasteiger partial charge in [-0.15, -0.1) is 10.2 Å². The zero-order valence-electron chi connectivity index (χ0n) is 9.81. The highest BCUT2D eigenvalue weighted by Crippen LogP contribution is 2.37. The number of carboxylic acid groups (broad SMARTS) is 1. The molecule has 0 amide bonds. The Morgan fingerprint density at radius 1 is 1.37 bits per heavy atom. The van der Waals surface area contributed by atoms with Crippen molar-refractivity contribution in [2.24, 2.45) is 0 Å². The van der Waals surface area contributed by atoms with Gasteiger partial charge in [0.1, 0.15) is 12.4 Å². The van der Waals surface area contributed by atoms with E-state index in [-0.39, 0.29) is 11.8 Å². The fourth-order valence-electron chi connectivity index (χ4n) is 1.96. The Bertz CT molecular complexity index is 648. The van der Waals surface area contributed by atoms with Crippen LogP contribution in [-0.2, 0) is 4.79 Å². The minimum Gasteiger partial charge on any atom is -0.492 e. The molecule has 1 N–H and O–H groups in total. The van der Waals surface area contributed by atoms with E-state index in [9.17, 15) is 4.79 Å². The number of ether oxygens (including phenoxy) is 1. The van der Waals surface area contributed by atoms with Crippen LogP contribution in [0.4, 0.5) is 0 Å². The molecule has 0 bridgehead atoms. The molecule has 0 fully saturated rings. The normalized spacial score (nSPS) is 17.4. The number of benzene rings is 1. The minimum atomic E-state index is -1.06. The second-order valence-electron chi connectivity index (χ2n) is 4.05. The third-order valence-corrected chi connectivity index (χ3v) is 2.82. The van der Waals surface area contributed by atoms with E-state index in [1.807, 2.05) is 24.3 Å². The molecule has 6 nitrogen and oxygen atoms in total. The monoisotopic (exact) mass is 258 g/mol. The van der Waals surface area contributed by atoms with Gasteiger partial charge in [-0.05, 0) is 6.07 Å². The van der Waals surface area contributed by atoms with E-state index in [0.29, 0.717) is 12.5 Å². The standard InChI is InChI=1S/C13H10N2O4/c16-12(17)6-5-11-14-15-13(19-11)9-7-18-10-4-2-1-3-8(9)10/h1-6,9H,7H2,(H,16,17)/b6-5+. The molecule has 3 rings (SSSR count). The van der Waals surface area contributed by atoms with Gasteiger partial charge in [0, 0.05) is 17.7 Å². The van der Waals surface area contributed by atoms with Crippen molar-refractivity contribution in [2.75, 3.05) is 6.61 Å². The first-order chi connectivity index (χ1) is 9.24. The Morgan fingerprint density at radius 3 is 3.05 bits per heavy atom. The van der Waals surface area contributed by atoms with Crippen LogP contribution >= 0.6 is 0 Å². The maximum atomic E-state index is 10.4. The van der Waals surface area contributed by atoms with E-state index in [0.717, 1.165) is 17.4 Å². The molecule has 1 aliphatic rings. The number of fused-ring (bicyclic) bond motifs is 1. The molecular weight excluding hydrogens is 248 g/mol. The van der Waals surface area contributed by atoms with Crippen molar-refractivity contribution >= 4 is 12.0 Å². The van der Waals surface area contributed by atoms with Gasteiger partial charge < -0.3 is 14.3 Å². The SMILES string of the molecule is O=C(O)/C=C/c1nnc(C2COc3ccccc32)o1. The molecule has 0 saturated heterocycles. The lowest BCUT2D eigenvalue weighted by atomic mass is 10.0. The molecule has 2 aromatic rings. The topological polar surface area (TPSA) is 85.5 Å². The highest BCUT2D eigenvalue weighted by Gasteiger charge is 2.29. The lowest BCUT2D eigenvalue weighted by molar-refractivity contribution is -0.131. The molecule has 19 heavy (non-hydrogen) atoms. The first-order valence-electron chi connectivity index (χ1n) is 5.70. The second-order valence-corrected chi connectivity index (χ2v) is 4.05. The van der Waals surface area contributed by atoms with Gasteiger partial charge in [0.2, 0.25) is 11.8 Å². The number of para-hydroxylation sites is 1. The van der Waals surface area contributed by atoms with Crippen LogP contribution in [0.3, 0.4) is 0 Å². The average molecular weight is 258 g/mol. The predicted molar refractivity (Wildman–Crippen MR) is 64.7 cm³/mol. The number of nitrogens with zero attached hydrogens (tertiary/aromatic N) is 2. The summed E-state index contributed by atoms with van der Waals surface area (Å²) in [5, 5.41) is 16.2. The molecule has 1 aromatic carbocycles. The van der Waals surface area contributed by atoms with Gasteiger partial charge in [0.15, 0.2) is 0 Å². The number of aromatic nitrogens is 2. The van der Waals surface area contributed by atoms with Crippen molar-refractivity contribution in [2.45, 2.75) is 5.92 Å². The van der Waals surface area contributed by atoms with Gasteiger partial charge in [-0.3, -0.25) is 0 Å². The molecule has 2 heterocycles. The van der Waals surface area contributed by atoms with Crippen molar-refractivity contribution in [3.63, 3.8) is 0 Å². The molecule has 0 radical (unpaired) electrons. The number of hydrogen-bond donors (Lipinski definition) is 1. The molecule has 1 unspecified atom stereocenters. The largest absolute Gasteiger partial charge is 0.492 e. The molecule has 0 aliphatic carbocycles. The van der Waals surface area contributed by atoms with Crippen molar-refractivity contribution in [3.05, 3.63) is 47.7 Å². The quantitative estimate of drug-likeness (QED) is 0.843. The smallest absolute Gasteiger partial charge is 0.328 e. The lowest BCUT2D eigenvalue weighted by Gasteiger charge is -2.01. The van der Waals surface area contributed by atoms with Crippen LogP contribution in [0.2, 0.25) is 0 Å². The van der Waals surface area contributed by atoms with Crippen LogP contribution in [-0.4, -0.2) is 27.9 Å². The highest BCUT2D eigenvalue weighted by molar-refractivity contribution is 5.84. The third kappa shape index (κ3) is 2.20. The van der Waals surface area contributed by atoms with Gasteiger partial charge >= 0.3 is 5.97 Å². The van der Waals surface area contributed by atoms with Crippen molar-refractivity contribution in [1.29, 1.82) is 0 Å². The fraction of sp³-hybridized carbons (Fsp3) is 0.154. The summed E-state index contributed by atoms with van der Waals surface area (Å²) in [5.41, 5.74) is 1.000. The predicted octanol–water partition coefficient (Wildman–Crippen LogP) is 1.69. The van der Waals surface area contributed by atoms with Gasteiger partial charge in [-0.25, -0.2) is 4.79 Å². The van der Waals surface area contributed by atoms with Crippen molar-refractivity contribution < 1.29 is 19.1 Å². The summed E-state index contributed by atoms with van der Waals surface area (Å²) in [6.07, 6.45) is 2.22. The Labute approximate surface area is 108 Å². The molecule has 1 atom stereocenters. The van der Waals surface area contributed by atoms with Gasteiger partial charge in [0.25, 0.3) is 0 Å². The van der Waals surface area contributed by atoms with Crippen LogP contribution in [0.5, 0.6) is 5.75 Å². The first kappa shape index (κ1) is 11.5. The summed E-state index contributed by atoms with van der Waals surface area (Å²) in [7, 11) is 0. The zero-order valence-corrected chi connectivity index (χ0v) is 9.81. The fourth-order valence-corrected chi connectivity index (χ4v) is 1.96. The maximum Gasteiger partial charge on any atom is 0.328 e. The number of carbonyl (C=O) groups is 1. The number of rotatable bonds is 3. The first-order valence-corrected chi connectivity index (χ1v) is 5.70. The van der Waals surface area contributed by atoms with Crippen LogP contribution in [0.1, 0.15) is 23.3 Å². The van der Waals surface area contributed by atoms with Crippen LogP contribution in [0, 0.1) is 0 Å². The van der Waals surface area contributed by atoms with Gasteiger partial charge in [-0.1, -0.05) is 18.2 Å². The number of carboxylic acids is 1. The Hall–Kier alpha value is -2.63. The molecular formula is C13H10N2O4. The molecule has 1 aliphatic heterocycles. The van der Waals surface area contributed by atoms with Gasteiger partial charge in [-0.2, -0.15) is 0 Å².